The van der Waals surface area contributed by atoms with E-state index < -0.39 is 12.2 Å². The topological polar surface area (TPSA) is 58.3 Å². The summed E-state index contributed by atoms with van der Waals surface area (Å²) in [6, 6.07) is -0.179. The van der Waals surface area contributed by atoms with E-state index in [1.54, 1.807) is 30.9 Å². The lowest BCUT2D eigenvalue weighted by atomic mass is 10.1. The van der Waals surface area contributed by atoms with Crippen molar-refractivity contribution in [2.24, 2.45) is 0 Å². The van der Waals surface area contributed by atoms with E-state index in [0.717, 1.165) is 4.47 Å². The Morgan fingerprint density at radius 2 is 2.14 bits per heavy atom. The standard InChI is InChI=1S/C9H15BrN2O2/c1-6(13)3-9(7(2)14)12-5-8(10)4-11-12/h4-7,9,13-14H,3H2,1-2H3/t6-,7+,9-/m0/s1. The molecular formula is C9H15BrN2O2. The average Bonchev–Trinajstić information content (AvgIpc) is 2.46. The highest BCUT2D eigenvalue weighted by atomic mass is 79.9. The summed E-state index contributed by atoms with van der Waals surface area (Å²) in [7, 11) is 0. The van der Waals surface area contributed by atoms with Crippen LogP contribution in [0.5, 0.6) is 0 Å². The summed E-state index contributed by atoms with van der Waals surface area (Å²) in [5, 5.41) is 22.9. The number of aliphatic hydroxyl groups excluding tert-OH is 2. The summed E-state index contributed by atoms with van der Waals surface area (Å²) < 4.78 is 2.54. The predicted octanol–water partition coefficient (Wildman–Crippen LogP) is 1.34. The summed E-state index contributed by atoms with van der Waals surface area (Å²) in [5.41, 5.74) is 0. The van der Waals surface area contributed by atoms with Gasteiger partial charge in [-0.1, -0.05) is 0 Å². The summed E-state index contributed by atoms with van der Waals surface area (Å²) in [5.74, 6) is 0. The molecule has 0 unspecified atom stereocenters. The second-order valence-corrected chi connectivity index (χ2v) is 4.45. The molecule has 0 fully saturated rings. The fourth-order valence-electron chi connectivity index (χ4n) is 1.37. The minimum absolute atomic E-state index is 0.179. The van der Waals surface area contributed by atoms with Gasteiger partial charge in [0, 0.05) is 6.20 Å². The Hall–Kier alpha value is -0.390. The van der Waals surface area contributed by atoms with Gasteiger partial charge in [-0.3, -0.25) is 4.68 Å². The molecule has 1 aromatic heterocycles. The summed E-state index contributed by atoms with van der Waals surface area (Å²) in [4.78, 5) is 0. The molecule has 0 bridgehead atoms. The molecule has 0 amide bonds. The molecular weight excluding hydrogens is 248 g/mol. The van der Waals surface area contributed by atoms with Crippen LogP contribution in [0.25, 0.3) is 0 Å². The van der Waals surface area contributed by atoms with Gasteiger partial charge in [0.2, 0.25) is 0 Å². The van der Waals surface area contributed by atoms with Crippen molar-refractivity contribution in [3.05, 3.63) is 16.9 Å². The molecule has 3 atom stereocenters. The van der Waals surface area contributed by atoms with E-state index in [0.29, 0.717) is 6.42 Å². The molecule has 1 rings (SSSR count). The lowest BCUT2D eigenvalue weighted by molar-refractivity contribution is 0.0779. The van der Waals surface area contributed by atoms with Crippen molar-refractivity contribution in [2.75, 3.05) is 0 Å². The van der Waals surface area contributed by atoms with Crippen LogP contribution in [0.2, 0.25) is 0 Å². The van der Waals surface area contributed by atoms with Gasteiger partial charge in [-0.2, -0.15) is 5.10 Å². The molecule has 0 aliphatic carbocycles. The van der Waals surface area contributed by atoms with Gasteiger partial charge in [-0.25, -0.2) is 0 Å². The molecule has 5 heteroatoms. The van der Waals surface area contributed by atoms with E-state index in [1.807, 2.05) is 0 Å². The summed E-state index contributed by atoms with van der Waals surface area (Å²) in [6.07, 6.45) is 2.97. The minimum atomic E-state index is -0.531. The van der Waals surface area contributed by atoms with Crippen LogP contribution >= 0.6 is 15.9 Å². The highest BCUT2D eigenvalue weighted by Gasteiger charge is 2.19. The number of hydrogen-bond donors (Lipinski definition) is 2. The van der Waals surface area contributed by atoms with Crippen LogP contribution < -0.4 is 0 Å². The lowest BCUT2D eigenvalue weighted by Crippen LogP contribution is -2.25. The largest absolute Gasteiger partial charge is 0.393 e. The van der Waals surface area contributed by atoms with Crippen LogP contribution in [0.3, 0.4) is 0 Å². The van der Waals surface area contributed by atoms with Gasteiger partial charge in [-0.05, 0) is 36.2 Å². The number of rotatable bonds is 4. The fraction of sp³-hybridized carbons (Fsp3) is 0.667. The summed E-state index contributed by atoms with van der Waals surface area (Å²) in [6.45, 7) is 3.40. The first-order valence-electron chi connectivity index (χ1n) is 4.56. The zero-order valence-corrected chi connectivity index (χ0v) is 9.85. The molecule has 2 N–H and O–H groups in total. The molecule has 0 saturated heterocycles. The molecule has 1 aromatic rings. The third-order valence-corrected chi connectivity index (χ3v) is 2.46. The molecule has 0 spiro atoms. The molecule has 1 heterocycles. The van der Waals surface area contributed by atoms with E-state index in [1.165, 1.54) is 0 Å². The van der Waals surface area contributed by atoms with Crippen LogP contribution in [0.15, 0.2) is 16.9 Å². The molecule has 0 saturated carbocycles. The third kappa shape index (κ3) is 3.08. The van der Waals surface area contributed by atoms with Gasteiger partial charge in [0.1, 0.15) is 0 Å². The van der Waals surface area contributed by atoms with Crippen molar-refractivity contribution in [1.82, 2.24) is 9.78 Å². The van der Waals surface area contributed by atoms with Gasteiger partial charge < -0.3 is 10.2 Å². The quantitative estimate of drug-likeness (QED) is 0.861. The average molecular weight is 263 g/mol. The molecule has 80 valence electrons. The van der Waals surface area contributed by atoms with Crippen LogP contribution in [0.4, 0.5) is 0 Å². The van der Waals surface area contributed by atoms with Crippen molar-refractivity contribution in [1.29, 1.82) is 0 Å². The maximum atomic E-state index is 9.54. The van der Waals surface area contributed by atoms with Gasteiger partial charge >= 0.3 is 0 Å². The van der Waals surface area contributed by atoms with Crippen molar-refractivity contribution >= 4 is 15.9 Å². The Balaban J connectivity index is 2.77. The number of halogens is 1. The monoisotopic (exact) mass is 262 g/mol. The highest BCUT2D eigenvalue weighted by molar-refractivity contribution is 9.10. The third-order valence-electron chi connectivity index (χ3n) is 2.05. The van der Waals surface area contributed by atoms with E-state index in [4.69, 9.17) is 0 Å². The van der Waals surface area contributed by atoms with Crippen molar-refractivity contribution in [3.8, 4) is 0 Å². The number of aromatic nitrogens is 2. The van der Waals surface area contributed by atoms with E-state index >= 15 is 0 Å². The second kappa shape index (κ2) is 4.91. The van der Waals surface area contributed by atoms with Gasteiger partial charge in [0.05, 0.1) is 28.9 Å². The Morgan fingerprint density at radius 1 is 1.50 bits per heavy atom. The van der Waals surface area contributed by atoms with Crippen LogP contribution in [0.1, 0.15) is 26.3 Å². The first kappa shape index (κ1) is 11.7. The predicted molar refractivity (Wildman–Crippen MR) is 56.9 cm³/mol. The summed E-state index contributed by atoms with van der Waals surface area (Å²) >= 11 is 3.29. The Kier molecular flexibility index (Phi) is 4.10. The molecule has 4 nitrogen and oxygen atoms in total. The first-order valence-corrected chi connectivity index (χ1v) is 5.35. The van der Waals surface area contributed by atoms with Gasteiger partial charge in [-0.15, -0.1) is 0 Å². The van der Waals surface area contributed by atoms with Crippen LogP contribution in [-0.2, 0) is 0 Å². The fourth-order valence-corrected chi connectivity index (χ4v) is 1.67. The Labute approximate surface area is 91.7 Å². The maximum absolute atomic E-state index is 9.54. The second-order valence-electron chi connectivity index (χ2n) is 3.53. The van der Waals surface area contributed by atoms with Crippen LogP contribution in [0, 0.1) is 0 Å². The van der Waals surface area contributed by atoms with Gasteiger partial charge in [0.25, 0.3) is 0 Å². The molecule has 0 aromatic carbocycles. The number of hydrogen-bond acceptors (Lipinski definition) is 3. The van der Waals surface area contributed by atoms with Crippen molar-refractivity contribution in [3.63, 3.8) is 0 Å². The molecule has 0 aliphatic rings. The highest BCUT2D eigenvalue weighted by Crippen LogP contribution is 2.19. The number of nitrogens with zero attached hydrogens (tertiary/aromatic N) is 2. The van der Waals surface area contributed by atoms with Crippen LogP contribution in [-0.4, -0.2) is 32.2 Å². The van der Waals surface area contributed by atoms with E-state index in [2.05, 4.69) is 21.0 Å². The smallest absolute Gasteiger partial charge is 0.0800 e. The number of aliphatic hydroxyl groups is 2. The SMILES string of the molecule is C[C@H](O)C[C@@H]([C@@H](C)O)n1cc(Br)cn1. The van der Waals surface area contributed by atoms with Crippen molar-refractivity contribution < 1.29 is 10.2 Å². The minimum Gasteiger partial charge on any atom is -0.393 e. The van der Waals surface area contributed by atoms with E-state index in [9.17, 15) is 10.2 Å². The lowest BCUT2D eigenvalue weighted by Gasteiger charge is -2.21. The molecule has 0 radical (unpaired) electrons. The maximum Gasteiger partial charge on any atom is 0.0800 e. The first-order chi connectivity index (χ1) is 6.50. The Morgan fingerprint density at radius 3 is 2.50 bits per heavy atom. The normalized spacial score (nSPS) is 17.8. The zero-order chi connectivity index (χ0) is 10.7. The van der Waals surface area contributed by atoms with Crippen molar-refractivity contribution in [2.45, 2.75) is 38.5 Å². The Bertz CT molecular complexity index is 286. The zero-order valence-electron chi connectivity index (χ0n) is 8.26. The van der Waals surface area contributed by atoms with Gasteiger partial charge in [0.15, 0.2) is 0 Å². The van der Waals surface area contributed by atoms with E-state index in [-0.39, 0.29) is 6.04 Å². The molecule has 0 aliphatic heterocycles. The molecule has 14 heavy (non-hydrogen) atoms.